The zero-order chi connectivity index (χ0) is 9.35. The molecule has 0 spiro atoms. The lowest BCUT2D eigenvalue weighted by Crippen LogP contribution is -2.14. The van der Waals surface area contributed by atoms with E-state index in [0.29, 0.717) is 0 Å². The van der Waals surface area contributed by atoms with Gasteiger partial charge in [0.1, 0.15) is 5.69 Å². The molecule has 1 heterocycles. The summed E-state index contributed by atoms with van der Waals surface area (Å²) < 4.78 is 21.8. The Kier molecular flexibility index (Phi) is 2.01. The Morgan fingerprint density at radius 1 is 1.50 bits per heavy atom. The standard InChI is InChI=1S/C6H8N2O3S/c1-4-6(9)7-3-5(8-4)12(2,10)11/h3H,1-2H3,(H,7,9). The van der Waals surface area contributed by atoms with E-state index in [9.17, 15) is 13.2 Å². The van der Waals surface area contributed by atoms with Crippen molar-refractivity contribution in [2.24, 2.45) is 0 Å². The molecule has 0 aromatic carbocycles. The quantitative estimate of drug-likeness (QED) is 0.643. The molecule has 0 amide bonds. The van der Waals surface area contributed by atoms with E-state index in [1.807, 2.05) is 0 Å². The Labute approximate surface area is 69.4 Å². The maximum absolute atomic E-state index is 10.9. The number of H-pyrrole nitrogens is 1. The number of hydrogen-bond acceptors (Lipinski definition) is 4. The van der Waals surface area contributed by atoms with Crippen LogP contribution in [0.25, 0.3) is 0 Å². The summed E-state index contributed by atoms with van der Waals surface area (Å²) in [5.41, 5.74) is -0.222. The van der Waals surface area contributed by atoms with Crippen molar-refractivity contribution < 1.29 is 8.42 Å². The van der Waals surface area contributed by atoms with Gasteiger partial charge in [0.25, 0.3) is 5.56 Å². The molecule has 0 aliphatic rings. The fourth-order valence-corrected chi connectivity index (χ4v) is 1.25. The van der Waals surface area contributed by atoms with Crippen molar-refractivity contribution in [3.8, 4) is 0 Å². The molecular weight excluding hydrogens is 180 g/mol. The third-order valence-corrected chi connectivity index (χ3v) is 2.28. The van der Waals surface area contributed by atoms with Gasteiger partial charge < -0.3 is 4.98 Å². The maximum atomic E-state index is 10.9. The van der Waals surface area contributed by atoms with Crippen LogP contribution in [-0.2, 0) is 9.84 Å². The number of aromatic nitrogens is 2. The number of nitrogens with one attached hydrogen (secondary N) is 1. The van der Waals surface area contributed by atoms with E-state index in [0.717, 1.165) is 12.5 Å². The van der Waals surface area contributed by atoms with Gasteiger partial charge in [-0.1, -0.05) is 0 Å². The first kappa shape index (κ1) is 8.92. The van der Waals surface area contributed by atoms with Crippen LogP contribution in [0.5, 0.6) is 0 Å². The van der Waals surface area contributed by atoms with Crippen molar-refractivity contribution in [3.63, 3.8) is 0 Å². The highest BCUT2D eigenvalue weighted by atomic mass is 32.2. The number of nitrogens with zero attached hydrogens (tertiary/aromatic N) is 1. The molecule has 1 aromatic heterocycles. The zero-order valence-electron chi connectivity index (χ0n) is 6.66. The highest BCUT2D eigenvalue weighted by Gasteiger charge is 2.09. The Balaban J connectivity index is 3.43. The Morgan fingerprint density at radius 3 is 2.50 bits per heavy atom. The lowest BCUT2D eigenvalue weighted by atomic mass is 10.5. The minimum absolute atomic E-state index is 0.111. The molecule has 0 bridgehead atoms. The van der Waals surface area contributed by atoms with Crippen LogP contribution < -0.4 is 5.56 Å². The summed E-state index contributed by atoms with van der Waals surface area (Å²) in [7, 11) is -3.32. The van der Waals surface area contributed by atoms with E-state index >= 15 is 0 Å². The van der Waals surface area contributed by atoms with Gasteiger partial charge in [0.2, 0.25) is 0 Å². The summed E-state index contributed by atoms with van der Waals surface area (Å²) in [6, 6.07) is 0. The summed E-state index contributed by atoms with van der Waals surface area (Å²) >= 11 is 0. The van der Waals surface area contributed by atoms with Crippen LogP contribution in [0, 0.1) is 6.92 Å². The monoisotopic (exact) mass is 188 g/mol. The first-order chi connectivity index (χ1) is 5.41. The normalized spacial score (nSPS) is 11.5. The number of aromatic amines is 1. The summed E-state index contributed by atoms with van der Waals surface area (Å²) in [4.78, 5) is 16.7. The van der Waals surface area contributed by atoms with E-state index < -0.39 is 9.84 Å². The first-order valence-corrected chi connectivity index (χ1v) is 5.07. The van der Waals surface area contributed by atoms with Gasteiger partial charge in [-0.05, 0) is 6.92 Å². The fourth-order valence-electron chi connectivity index (χ4n) is 0.670. The van der Waals surface area contributed by atoms with Crippen molar-refractivity contribution >= 4 is 9.84 Å². The minimum Gasteiger partial charge on any atom is -0.325 e. The van der Waals surface area contributed by atoms with Crippen LogP contribution in [0.3, 0.4) is 0 Å². The van der Waals surface area contributed by atoms with Crippen molar-refractivity contribution in [1.29, 1.82) is 0 Å². The van der Waals surface area contributed by atoms with Crippen LogP contribution in [0.15, 0.2) is 16.0 Å². The van der Waals surface area contributed by atoms with Gasteiger partial charge in [-0.15, -0.1) is 0 Å². The largest absolute Gasteiger partial charge is 0.325 e. The third kappa shape index (κ3) is 1.70. The molecule has 1 rings (SSSR count). The molecule has 1 aromatic rings. The number of sulfone groups is 1. The average molecular weight is 188 g/mol. The summed E-state index contributed by atoms with van der Waals surface area (Å²) in [5.74, 6) is 0. The Morgan fingerprint density at radius 2 is 2.08 bits per heavy atom. The molecule has 5 nitrogen and oxygen atoms in total. The average Bonchev–Trinajstić information content (AvgIpc) is 1.92. The summed E-state index contributed by atoms with van der Waals surface area (Å²) in [5, 5.41) is -0.111. The molecule has 6 heteroatoms. The van der Waals surface area contributed by atoms with E-state index in [4.69, 9.17) is 0 Å². The van der Waals surface area contributed by atoms with E-state index in [2.05, 4.69) is 9.97 Å². The predicted octanol–water partition coefficient (Wildman–Crippen LogP) is -0.518. The Bertz CT molecular complexity index is 446. The lowest BCUT2D eigenvalue weighted by Gasteiger charge is -1.96. The van der Waals surface area contributed by atoms with Crippen molar-refractivity contribution in [2.45, 2.75) is 11.9 Å². The van der Waals surface area contributed by atoms with Gasteiger partial charge in [0.15, 0.2) is 14.9 Å². The molecule has 0 aliphatic carbocycles. The summed E-state index contributed by atoms with van der Waals surface area (Å²) in [6.45, 7) is 1.45. The highest BCUT2D eigenvalue weighted by Crippen LogP contribution is 1.99. The van der Waals surface area contributed by atoms with Gasteiger partial charge in [-0.2, -0.15) is 0 Å². The molecule has 0 aliphatic heterocycles. The van der Waals surface area contributed by atoms with Crippen LogP contribution in [0.1, 0.15) is 5.69 Å². The maximum Gasteiger partial charge on any atom is 0.269 e. The van der Waals surface area contributed by atoms with Gasteiger partial charge in [-0.3, -0.25) is 4.79 Å². The molecule has 0 atom stereocenters. The van der Waals surface area contributed by atoms with Gasteiger partial charge in [0.05, 0.1) is 0 Å². The smallest absolute Gasteiger partial charge is 0.269 e. The van der Waals surface area contributed by atoms with E-state index in [1.165, 1.54) is 6.92 Å². The van der Waals surface area contributed by atoms with Gasteiger partial charge in [0, 0.05) is 12.5 Å². The van der Waals surface area contributed by atoms with Crippen LogP contribution in [0.4, 0.5) is 0 Å². The van der Waals surface area contributed by atoms with Gasteiger partial charge >= 0.3 is 0 Å². The fraction of sp³-hybridized carbons (Fsp3) is 0.333. The molecule has 66 valence electrons. The molecule has 0 saturated heterocycles. The first-order valence-electron chi connectivity index (χ1n) is 3.17. The third-order valence-electron chi connectivity index (χ3n) is 1.31. The van der Waals surface area contributed by atoms with Crippen LogP contribution in [-0.4, -0.2) is 24.6 Å². The molecular formula is C6H8N2O3S. The van der Waals surface area contributed by atoms with E-state index in [-0.39, 0.29) is 16.3 Å². The molecule has 0 saturated carbocycles. The number of hydrogen-bond donors (Lipinski definition) is 1. The molecule has 0 radical (unpaired) electrons. The second kappa shape index (κ2) is 2.71. The zero-order valence-corrected chi connectivity index (χ0v) is 7.47. The minimum atomic E-state index is -3.32. The van der Waals surface area contributed by atoms with Crippen LogP contribution in [0.2, 0.25) is 0 Å². The number of rotatable bonds is 1. The second-order valence-electron chi connectivity index (χ2n) is 2.43. The predicted molar refractivity (Wildman–Crippen MR) is 42.7 cm³/mol. The molecule has 0 unspecified atom stereocenters. The highest BCUT2D eigenvalue weighted by molar-refractivity contribution is 7.90. The molecule has 12 heavy (non-hydrogen) atoms. The molecule has 1 N–H and O–H groups in total. The van der Waals surface area contributed by atoms with Crippen molar-refractivity contribution in [1.82, 2.24) is 9.97 Å². The SMILES string of the molecule is Cc1nc(S(C)(=O)=O)c[nH]c1=O. The molecule has 0 fully saturated rings. The van der Waals surface area contributed by atoms with Crippen molar-refractivity contribution in [3.05, 3.63) is 22.2 Å². The second-order valence-corrected chi connectivity index (χ2v) is 4.39. The lowest BCUT2D eigenvalue weighted by molar-refractivity contribution is 0.597. The van der Waals surface area contributed by atoms with Gasteiger partial charge in [-0.25, -0.2) is 13.4 Å². The number of aryl methyl sites for hydroxylation is 1. The topological polar surface area (TPSA) is 79.9 Å². The van der Waals surface area contributed by atoms with Crippen molar-refractivity contribution in [2.75, 3.05) is 6.26 Å². The van der Waals surface area contributed by atoms with Crippen LogP contribution >= 0.6 is 0 Å². The van der Waals surface area contributed by atoms with E-state index in [1.54, 1.807) is 0 Å². The Hall–Kier alpha value is -1.17. The summed E-state index contributed by atoms with van der Waals surface area (Å²) in [6.07, 6.45) is 2.12.